The molecule has 1 aromatic heterocycles. The Kier molecular flexibility index (Phi) is 9.90. The first-order valence-corrected chi connectivity index (χ1v) is 5.58. The summed E-state index contributed by atoms with van der Waals surface area (Å²) < 4.78 is 0. The number of hydrogen-bond acceptors (Lipinski definition) is 3. The highest BCUT2D eigenvalue weighted by Gasteiger charge is 2.21. The Bertz CT molecular complexity index is 342. The number of hydrogen-bond donors (Lipinski definition) is 2. The molecule has 1 heterocycles. The van der Waals surface area contributed by atoms with Gasteiger partial charge >= 0.3 is 0 Å². The molecule has 0 atom stereocenters. The Morgan fingerprint density at radius 3 is 2.44 bits per heavy atom. The number of nitrogens with two attached hydrogens (primary N) is 1. The van der Waals surface area contributed by atoms with Gasteiger partial charge in [0, 0.05) is 24.5 Å². The number of halogens is 2. The lowest BCUT2D eigenvalue weighted by Crippen LogP contribution is -2.49. The molecule has 1 rings (SSSR count). The zero-order valence-corrected chi connectivity index (χ0v) is 12.3. The summed E-state index contributed by atoms with van der Waals surface area (Å²) in [6.45, 7) is 4.55. The minimum absolute atomic E-state index is 0. The van der Waals surface area contributed by atoms with Crippen LogP contribution in [0.2, 0.25) is 0 Å². The van der Waals surface area contributed by atoms with Crippen molar-refractivity contribution in [3.8, 4) is 0 Å². The van der Waals surface area contributed by atoms with Gasteiger partial charge in [-0.3, -0.25) is 9.78 Å². The van der Waals surface area contributed by atoms with Crippen molar-refractivity contribution in [2.45, 2.75) is 32.2 Å². The fourth-order valence-corrected chi connectivity index (χ4v) is 1.36. The Hall–Kier alpha value is -0.840. The highest BCUT2D eigenvalue weighted by molar-refractivity contribution is 5.93. The van der Waals surface area contributed by atoms with Crippen LogP contribution in [-0.4, -0.2) is 23.0 Å². The van der Waals surface area contributed by atoms with E-state index in [1.54, 1.807) is 24.5 Å². The van der Waals surface area contributed by atoms with Crippen molar-refractivity contribution in [2.75, 3.05) is 6.54 Å². The van der Waals surface area contributed by atoms with E-state index in [1.165, 1.54) is 0 Å². The van der Waals surface area contributed by atoms with Crippen LogP contribution in [0.1, 0.15) is 37.0 Å². The molecule has 0 bridgehead atoms. The molecule has 4 nitrogen and oxygen atoms in total. The molecule has 3 N–H and O–H groups in total. The summed E-state index contributed by atoms with van der Waals surface area (Å²) in [5.74, 6) is -0.121. The largest absolute Gasteiger partial charge is 0.350 e. The number of aromatic nitrogens is 1. The molecule has 1 aromatic rings. The Morgan fingerprint density at radius 2 is 2.00 bits per heavy atom. The summed E-state index contributed by atoms with van der Waals surface area (Å²) >= 11 is 0. The topological polar surface area (TPSA) is 68.0 Å². The van der Waals surface area contributed by atoms with E-state index in [0.717, 1.165) is 12.8 Å². The SMILES string of the molecule is CCC(N)(CC)CNC(=O)c1cccnc1.Cl.Cl. The summed E-state index contributed by atoms with van der Waals surface area (Å²) in [5, 5.41) is 2.84. The van der Waals surface area contributed by atoms with Crippen LogP contribution in [0, 0.1) is 0 Å². The molecule has 0 unspecified atom stereocenters. The van der Waals surface area contributed by atoms with Crippen molar-refractivity contribution in [1.82, 2.24) is 10.3 Å². The minimum Gasteiger partial charge on any atom is -0.350 e. The number of amides is 1. The molecule has 0 saturated carbocycles. The van der Waals surface area contributed by atoms with Gasteiger partial charge in [0.15, 0.2) is 0 Å². The molecule has 0 fully saturated rings. The Labute approximate surface area is 121 Å². The van der Waals surface area contributed by atoms with E-state index in [4.69, 9.17) is 5.73 Å². The molecule has 0 saturated heterocycles. The lowest BCUT2D eigenvalue weighted by Gasteiger charge is -2.26. The molecular weight excluding hydrogens is 273 g/mol. The highest BCUT2D eigenvalue weighted by atomic mass is 35.5. The summed E-state index contributed by atoms with van der Waals surface area (Å²) in [7, 11) is 0. The van der Waals surface area contributed by atoms with E-state index in [-0.39, 0.29) is 36.3 Å². The highest BCUT2D eigenvalue weighted by Crippen LogP contribution is 2.09. The van der Waals surface area contributed by atoms with Crippen LogP contribution in [0.4, 0.5) is 0 Å². The molecule has 0 aliphatic rings. The van der Waals surface area contributed by atoms with Gasteiger partial charge in [-0.05, 0) is 25.0 Å². The molecule has 6 heteroatoms. The first-order valence-electron chi connectivity index (χ1n) is 5.58. The third kappa shape index (κ3) is 5.67. The normalized spacial score (nSPS) is 9.94. The quantitative estimate of drug-likeness (QED) is 0.874. The maximum atomic E-state index is 11.7. The summed E-state index contributed by atoms with van der Waals surface area (Å²) in [4.78, 5) is 15.6. The van der Waals surface area contributed by atoms with Crippen LogP contribution in [0.25, 0.3) is 0 Å². The van der Waals surface area contributed by atoms with Crippen LogP contribution in [0.3, 0.4) is 0 Å². The molecule has 0 radical (unpaired) electrons. The van der Waals surface area contributed by atoms with Crippen LogP contribution >= 0.6 is 24.8 Å². The molecule has 0 aromatic carbocycles. The maximum absolute atomic E-state index is 11.7. The van der Waals surface area contributed by atoms with Crippen LogP contribution in [-0.2, 0) is 0 Å². The van der Waals surface area contributed by atoms with Crippen molar-refractivity contribution >= 4 is 30.7 Å². The molecular formula is C12H21Cl2N3O. The molecule has 104 valence electrons. The zero-order valence-electron chi connectivity index (χ0n) is 10.7. The summed E-state index contributed by atoms with van der Waals surface area (Å²) in [5.41, 5.74) is 6.35. The van der Waals surface area contributed by atoms with Crippen molar-refractivity contribution in [3.05, 3.63) is 30.1 Å². The molecule has 0 aliphatic carbocycles. The van der Waals surface area contributed by atoms with Crippen molar-refractivity contribution < 1.29 is 4.79 Å². The fraction of sp³-hybridized carbons (Fsp3) is 0.500. The van der Waals surface area contributed by atoms with E-state index in [2.05, 4.69) is 10.3 Å². The van der Waals surface area contributed by atoms with Gasteiger partial charge in [-0.15, -0.1) is 24.8 Å². The summed E-state index contributed by atoms with van der Waals surface area (Å²) in [6, 6.07) is 3.47. The van der Waals surface area contributed by atoms with Crippen LogP contribution in [0.5, 0.6) is 0 Å². The van der Waals surface area contributed by atoms with Gasteiger partial charge in [0.05, 0.1) is 5.56 Å². The average molecular weight is 294 g/mol. The average Bonchev–Trinajstić information content (AvgIpc) is 2.36. The number of nitrogens with zero attached hydrogens (tertiary/aromatic N) is 1. The molecule has 18 heavy (non-hydrogen) atoms. The number of nitrogens with one attached hydrogen (secondary N) is 1. The number of carbonyl (C=O) groups excluding carboxylic acids is 1. The van der Waals surface area contributed by atoms with Gasteiger partial charge in [-0.25, -0.2) is 0 Å². The van der Waals surface area contributed by atoms with Gasteiger partial charge in [-0.1, -0.05) is 13.8 Å². The number of rotatable bonds is 5. The first kappa shape index (κ1) is 19.5. The maximum Gasteiger partial charge on any atom is 0.252 e. The van der Waals surface area contributed by atoms with Crippen molar-refractivity contribution in [2.24, 2.45) is 5.73 Å². The summed E-state index contributed by atoms with van der Waals surface area (Å²) in [6.07, 6.45) is 4.88. The zero-order chi connectivity index (χ0) is 12.0. The van der Waals surface area contributed by atoms with E-state index in [1.807, 2.05) is 13.8 Å². The number of pyridine rings is 1. The van der Waals surface area contributed by atoms with Gasteiger partial charge in [0.25, 0.3) is 5.91 Å². The second-order valence-electron chi connectivity index (χ2n) is 3.99. The van der Waals surface area contributed by atoms with Crippen molar-refractivity contribution in [3.63, 3.8) is 0 Å². The second-order valence-corrected chi connectivity index (χ2v) is 3.99. The van der Waals surface area contributed by atoms with Crippen LogP contribution in [0.15, 0.2) is 24.5 Å². The van der Waals surface area contributed by atoms with Crippen LogP contribution < -0.4 is 11.1 Å². The van der Waals surface area contributed by atoms with Gasteiger partial charge in [0.2, 0.25) is 0 Å². The predicted molar refractivity (Wildman–Crippen MR) is 78.6 cm³/mol. The van der Waals surface area contributed by atoms with E-state index >= 15 is 0 Å². The second kappa shape index (κ2) is 9.14. The lowest BCUT2D eigenvalue weighted by molar-refractivity contribution is 0.0942. The van der Waals surface area contributed by atoms with E-state index in [0.29, 0.717) is 12.1 Å². The number of carbonyl (C=O) groups is 1. The van der Waals surface area contributed by atoms with Crippen molar-refractivity contribution in [1.29, 1.82) is 0 Å². The smallest absolute Gasteiger partial charge is 0.252 e. The van der Waals surface area contributed by atoms with Gasteiger partial charge < -0.3 is 11.1 Å². The Morgan fingerprint density at radius 1 is 1.39 bits per heavy atom. The molecule has 1 amide bonds. The standard InChI is InChI=1S/C12H19N3O.2ClH/c1-3-12(13,4-2)9-15-11(16)10-6-5-7-14-8-10;;/h5-8H,3-4,9,13H2,1-2H3,(H,15,16);2*1H. The lowest BCUT2D eigenvalue weighted by atomic mass is 9.94. The van der Waals surface area contributed by atoms with Gasteiger partial charge in [-0.2, -0.15) is 0 Å². The third-order valence-corrected chi connectivity index (χ3v) is 2.93. The van der Waals surface area contributed by atoms with Gasteiger partial charge in [0.1, 0.15) is 0 Å². The fourth-order valence-electron chi connectivity index (χ4n) is 1.36. The third-order valence-electron chi connectivity index (χ3n) is 2.93. The van der Waals surface area contributed by atoms with E-state index < -0.39 is 0 Å². The Balaban J connectivity index is 0. The molecule has 0 spiro atoms. The van der Waals surface area contributed by atoms with E-state index in [9.17, 15) is 4.79 Å². The molecule has 0 aliphatic heterocycles. The first-order chi connectivity index (χ1) is 7.61. The monoisotopic (exact) mass is 293 g/mol. The minimum atomic E-state index is -0.308. The predicted octanol–water partition coefficient (Wildman–Crippen LogP) is 2.17.